The number of anilines is 1. The Hall–Kier alpha value is -0.650. The molecule has 2 heterocycles. The molecule has 18 heavy (non-hydrogen) atoms. The maximum atomic E-state index is 5.93. The predicted octanol–water partition coefficient (Wildman–Crippen LogP) is 4.34. The molecule has 0 aromatic carbocycles. The fourth-order valence-corrected chi connectivity index (χ4v) is 2.86. The number of hydrogen-bond acceptors (Lipinski definition) is 4. The first-order valence-corrected chi connectivity index (χ1v) is 7.49. The highest BCUT2D eigenvalue weighted by Crippen LogP contribution is 2.30. The smallest absolute Gasteiger partial charge is 0.148 e. The zero-order chi connectivity index (χ0) is 13.2. The second kappa shape index (κ2) is 5.55. The standard InChI is InChI=1S/C12H13BrClN3S/c1-12(2,8-4-3-5-18-8)6-15-11-9(13)10(14)16-7-17-11/h3-5,7H,6H2,1-2H3,(H,15,16,17). The summed E-state index contributed by atoms with van der Waals surface area (Å²) in [5.74, 6) is 0.722. The molecule has 0 fully saturated rings. The molecule has 2 aromatic heterocycles. The van der Waals surface area contributed by atoms with Crippen molar-refractivity contribution in [1.82, 2.24) is 9.97 Å². The largest absolute Gasteiger partial charge is 0.368 e. The SMILES string of the molecule is CC(C)(CNc1ncnc(Cl)c1Br)c1cccs1. The highest BCUT2D eigenvalue weighted by molar-refractivity contribution is 9.10. The van der Waals surface area contributed by atoms with Crippen LogP contribution < -0.4 is 5.32 Å². The van der Waals surface area contributed by atoms with Crippen molar-refractivity contribution in [3.63, 3.8) is 0 Å². The van der Waals surface area contributed by atoms with Gasteiger partial charge in [-0.05, 0) is 27.4 Å². The van der Waals surface area contributed by atoms with Gasteiger partial charge >= 0.3 is 0 Å². The van der Waals surface area contributed by atoms with Gasteiger partial charge in [0.1, 0.15) is 17.3 Å². The number of hydrogen-bond donors (Lipinski definition) is 1. The molecule has 0 amide bonds. The molecule has 0 saturated carbocycles. The lowest BCUT2D eigenvalue weighted by Crippen LogP contribution is -2.27. The summed E-state index contributed by atoms with van der Waals surface area (Å²) in [6.07, 6.45) is 1.45. The topological polar surface area (TPSA) is 37.8 Å². The molecule has 96 valence electrons. The third kappa shape index (κ3) is 3.02. The number of rotatable bonds is 4. The highest BCUT2D eigenvalue weighted by Gasteiger charge is 2.22. The molecule has 0 spiro atoms. The molecule has 0 aliphatic carbocycles. The van der Waals surface area contributed by atoms with Gasteiger partial charge in [-0.15, -0.1) is 11.3 Å². The van der Waals surface area contributed by atoms with Crippen LogP contribution in [0.15, 0.2) is 28.3 Å². The van der Waals surface area contributed by atoms with Crippen molar-refractivity contribution < 1.29 is 0 Å². The van der Waals surface area contributed by atoms with E-state index in [0.717, 1.165) is 12.4 Å². The van der Waals surface area contributed by atoms with Crippen LogP contribution in [0.5, 0.6) is 0 Å². The lowest BCUT2D eigenvalue weighted by Gasteiger charge is -2.24. The highest BCUT2D eigenvalue weighted by atomic mass is 79.9. The van der Waals surface area contributed by atoms with E-state index >= 15 is 0 Å². The number of nitrogens with zero attached hydrogens (tertiary/aromatic N) is 2. The van der Waals surface area contributed by atoms with Crippen LogP contribution in [-0.4, -0.2) is 16.5 Å². The van der Waals surface area contributed by atoms with Crippen LogP contribution in [0.1, 0.15) is 18.7 Å². The Morgan fingerprint density at radius 1 is 1.44 bits per heavy atom. The van der Waals surface area contributed by atoms with Crippen LogP contribution in [0.25, 0.3) is 0 Å². The van der Waals surface area contributed by atoms with Crippen LogP contribution in [0.3, 0.4) is 0 Å². The minimum atomic E-state index is 0.0467. The van der Waals surface area contributed by atoms with Gasteiger partial charge in [-0.1, -0.05) is 31.5 Å². The molecule has 2 rings (SSSR count). The molecule has 0 atom stereocenters. The first-order valence-electron chi connectivity index (χ1n) is 5.44. The van der Waals surface area contributed by atoms with E-state index in [9.17, 15) is 0 Å². The molecule has 0 unspecified atom stereocenters. The van der Waals surface area contributed by atoms with Crippen molar-refractivity contribution in [3.05, 3.63) is 38.3 Å². The molecule has 3 nitrogen and oxygen atoms in total. The minimum absolute atomic E-state index is 0.0467. The van der Waals surface area contributed by atoms with E-state index in [2.05, 4.69) is 62.6 Å². The second-order valence-corrected chi connectivity index (χ2v) is 6.64. The number of nitrogens with one attached hydrogen (secondary N) is 1. The average Bonchev–Trinajstić information content (AvgIpc) is 2.85. The summed E-state index contributed by atoms with van der Waals surface area (Å²) >= 11 is 11.1. The van der Waals surface area contributed by atoms with Gasteiger partial charge < -0.3 is 5.32 Å². The van der Waals surface area contributed by atoms with Crippen molar-refractivity contribution in [2.75, 3.05) is 11.9 Å². The number of aromatic nitrogens is 2. The summed E-state index contributed by atoms with van der Waals surface area (Å²) < 4.78 is 0.702. The van der Waals surface area contributed by atoms with Crippen molar-refractivity contribution in [1.29, 1.82) is 0 Å². The third-order valence-corrected chi connectivity index (χ3v) is 5.13. The Kier molecular flexibility index (Phi) is 4.25. The number of thiophene rings is 1. The fraction of sp³-hybridized carbons (Fsp3) is 0.333. The van der Waals surface area contributed by atoms with Gasteiger partial charge in [-0.25, -0.2) is 9.97 Å². The molecular formula is C12H13BrClN3S. The first kappa shape index (κ1) is 13.8. The molecule has 6 heteroatoms. The van der Waals surface area contributed by atoms with Crippen LogP contribution >= 0.6 is 38.9 Å². The first-order chi connectivity index (χ1) is 8.50. The van der Waals surface area contributed by atoms with Crippen LogP contribution in [0, 0.1) is 0 Å². The fourth-order valence-electron chi connectivity index (χ4n) is 1.53. The lowest BCUT2D eigenvalue weighted by atomic mass is 9.91. The Balaban J connectivity index is 2.10. The predicted molar refractivity (Wildman–Crippen MR) is 80.6 cm³/mol. The van der Waals surface area contributed by atoms with Crippen molar-refractivity contribution in [2.45, 2.75) is 19.3 Å². The van der Waals surface area contributed by atoms with E-state index in [1.165, 1.54) is 11.2 Å². The molecule has 0 bridgehead atoms. The summed E-state index contributed by atoms with van der Waals surface area (Å²) in [5, 5.41) is 5.82. The van der Waals surface area contributed by atoms with Gasteiger partial charge in [-0.3, -0.25) is 0 Å². The van der Waals surface area contributed by atoms with Gasteiger partial charge in [0.2, 0.25) is 0 Å². The van der Waals surface area contributed by atoms with E-state index in [1.807, 2.05) is 0 Å². The van der Waals surface area contributed by atoms with E-state index in [4.69, 9.17) is 11.6 Å². The molecule has 0 aliphatic rings. The molecular weight excluding hydrogens is 334 g/mol. The Labute approximate surface area is 124 Å². The van der Waals surface area contributed by atoms with E-state index < -0.39 is 0 Å². The van der Waals surface area contributed by atoms with E-state index in [1.54, 1.807) is 11.3 Å². The maximum absolute atomic E-state index is 5.93. The number of halogens is 2. The van der Waals surface area contributed by atoms with Crippen LogP contribution in [0.4, 0.5) is 5.82 Å². The van der Waals surface area contributed by atoms with E-state index in [-0.39, 0.29) is 5.41 Å². The quantitative estimate of drug-likeness (QED) is 0.837. The molecule has 1 N–H and O–H groups in total. The summed E-state index contributed by atoms with van der Waals surface area (Å²) in [7, 11) is 0. The van der Waals surface area contributed by atoms with Gasteiger partial charge in [0.05, 0.1) is 4.47 Å². The zero-order valence-electron chi connectivity index (χ0n) is 10.1. The summed E-state index contributed by atoms with van der Waals surface area (Å²) in [6.45, 7) is 5.17. The van der Waals surface area contributed by atoms with Crippen molar-refractivity contribution in [3.8, 4) is 0 Å². The molecule has 0 saturated heterocycles. The average molecular weight is 347 g/mol. The van der Waals surface area contributed by atoms with Crippen LogP contribution in [-0.2, 0) is 5.41 Å². The van der Waals surface area contributed by atoms with Crippen molar-refractivity contribution >= 4 is 44.7 Å². The minimum Gasteiger partial charge on any atom is -0.368 e. The third-order valence-electron chi connectivity index (χ3n) is 2.63. The monoisotopic (exact) mass is 345 g/mol. The van der Waals surface area contributed by atoms with E-state index in [0.29, 0.717) is 9.63 Å². The summed E-state index contributed by atoms with van der Waals surface area (Å²) in [6, 6.07) is 4.22. The Morgan fingerprint density at radius 2 is 2.22 bits per heavy atom. The van der Waals surface area contributed by atoms with Crippen molar-refractivity contribution in [2.24, 2.45) is 0 Å². The molecule has 0 aliphatic heterocycles. The maximum Gasteiger partial charge on any atom is 0.148 e. The van der Waals surface area contributed by atoms with Gasteiger partial charge in [-0.2, -0.15) is 0 Å². The van der Waals surface area contributed by atoms with Gasteiger partial charge in [0.15, 0.2) is 0 Å². The normalized spacial score (nSPS) is 11.6. The Bertz CT molecular complexity index is 528. The zero-order valence-corrected chi connectivity index (χ0v) is 13.2. The van der Waals surface area contributed by atoms with Gasteiger partial charge in [0, 0.05) is 16.8 Å². The Morgan fingerprint density at radius 3 is 2.89 bits per heavy atom. The molecule has 0 radical (unpaired) electrons. The lowest BCUT2D eigenvalue weighted by molar-refractivity contribution is 0.568. The summed E-state index contributed by atoms with van der Waals surface area (Å²) in [4.78, 5) is 9.42. The van der Waals surface area contributed by atoms with Gasteiger partial charge in [0.25, 0.3) is 0 Å². The second-order valence-electron chi connectivity index (χ2n) is 4.54. The summed E-state index contributed by atoms with van der Waals surface area (Å²) in [5.41, 5.74) is 0.0467. The van der Waals surface area contributed by atoms with Crippen LogP contribution in [0.2, 0.25) is 5.15 Å². The molecule has 2 aromatic rings.